The van der Waals surface area contributed by atoms with E-state index in [2.05, 4.69) is 15.9 Å². The van der Waals surface area contributed by atoms with E-state index in [0.29, 0.717) is 37.6 Å². The van der Waals surface area contributed by atoms with Crippen LogP contribution in [0.15, 0.2) is 34.8 Å². The summed E-state index contributed by atoms with van der Waals surface area (Å²) in [5, 5.41) is 1.53. The van der Waals surface area contributed by atoms with Gasteiger partial charge in [-0.2, -0.15) is 0 Å². The zero-order valence-electron chi connectivity index (χ0n) is 9.59. The number of benzene rings is 2. The fourth-order valence-corrected chi connectivity index (χ4v) is 2.55. The number of rotatable bonds is 3. The van der Waals surface area contributed by atoms with Crippen LogP contribution in [0, 0.1) is 0 Å². The highest BCUT2D eigenvalue weighted by Gasteiger charge is 2.09. The molecule has 0 aliphatic carbocycles. The van der Waals surface area contributed by atoms with E-state index in [1.807, 2.05) is 6.07 Å². The minimum atomic E-state index is 0.379. The Hall–Kier alpha value is -0.450. The van der Waals surface area contributed by atoms with Crippen LogP contribution < -0.4 is 10.5 Å². The average molecular weight is 381 g/mol. The molecule has 2 rings (SSSR count). The quantitative estimate of drug-likeness (QED) is 0.696. The summed E-state index contributed by atoms with van der Waals surface area (Å²) in [6.07, 6.45) is 0. The lowest BCUT2D eigenvalue weighted by molar-refractivity contribution is 0.482. The van der Waals surface area contributed by atoms with Crippen LogP contribution in [0.25, 0.3) is 0 Å². The van der Waals surface area contributed by atoms with Gasteiger partial charge in [-0.1, -0.05) is 40.9 Å². The minimum Gasteiger partial charge on any atom is -0.456 e. The molecule has 19 heavy (non-hydrogen) atoms. The van der Waals surface area contributed by atoms with E-state index in [0.717, 1.165) is 5.56 Å². The number of nitrogens with two attached hydrogens (primary N) is 1. The highest BCUT2D eigenvalue weighted by atomic mass is 79.9. The Kier molecular flexibility index (Phi) is 4.98. The van der Waals surface area contributed by atoms with Gasteiger partial charge < -0.3 is 10.5 Å². The molecule has 0 aromatic heterocycles. The molecule has 0 radical (unpaired) electrons. The third kappa shape index (κ3) is 3.56. The van der Waals surface area contributed by atoms with Gasteiger partial charge >= 0.3 is 0 Å². The van der Waals surface area contributed by atoms with Crippen LogP contribution in [-0.2, 0) is 6.54 Å². The first-order valence-corrected chi connectivity index (χ1v) is 7.25. The molecule has 0 saturated carbocycles. The lowest BCUT2D eigenvalue weighted by atomic mass is 10.2. The van der Waals surface area contributed by atoms with E-state index in [1.165, 1.54) is 0 Å². The van der Waals surface area contributed by atoms with Crippen LogP contribution in [0.1, 0.15) is 5.56 Å². The maximum atomic E-state index is 6.08. The molecular weight excluding hydrogens is 372 g/mol. The molecule has 0 aliphatic heterocycles. The normalized spacial score (nSPS) is 10.6. The molecule has 0 unspecified atom stereocenters. The van der Waals surface area contributed by atoms with Gasteiger partial charge in [0.1, 0.15) is 11.5 Å². The summed E-state index contributed by atoms with van der Waals surface area (Å²) in [6, 6.07) is 8.59. The Balaban J connectivity index is 2.31. The Morgan fingerprint density at radius 3 is 2.37 bits per heavy atom. The summed E-state index contributed by atoms with van der Waals surface area (Å²) in [5.41, 5.74) is 6.40. The van der Waals surface area contributed by atoms with Gasteiger partial charge in [0.05, 0.1) is 10.0 Å². The molecule has 2 aromatic carbocycles. The van der Waals surface area contributed by atoms with E-state index < -0.39 is 0 Å². The molecule has 0 amide bonds. The van der Waals surface area contributed by atoms with Gasteiger partial charge in [-0.05, 0) is 39.7 Å². The monoisotopic (exact) mass is 379 g/mol. The Labute approximate surface area is 134 Å². The maximum Gasteiger partial charge on any atom is 0.147 e. The summed E-state index contributed by atoms with van der Waals surface area (Å²) in [4.78, 5) is 0. The molecule has 0 bridgehead atoms. The first-order valence-electron chi connectivity index (χ1n) is 5.32. The maximum absolute atomic E-state index is 6.08. The van der Waals surface area contributed by atoms with Crippen LogP contribution in [0.5, 0.6) is 11.5 Å². The molecular formula is C13H9BrCl3NO. The lowest BCUT2D eigenvalue weighted by Gasteiger charge is -2.10. The highest BCUT2D eigenvalue weighted by Crippen LogP contribution is 2.37. The van der Waals surface area contributed by atoms with Crippen molar-refractivity contribution in [3.63, 3.8) is 0 Å². The highest BCUT2D eigenvalue weighted by molar-refractivity contribution is 9.10. The molecule has 6 heteroatoms. The molecule has 2 N–H and O–H groups in total. The van der Waals surface area contributed by atoms with Crippen molar-refractivity contribution in [3.05, 3.63) is 55.4 Å². The zero-order valence-corrected chi connectivity index (χ0v) is 13.4. The zero-order chi connectivity index (χ0) is 14.0. The molecule has 0 fully saturated rings. The smallest absolute Gasteiger partial charge is 0.147 e. The third-order valence-corrected chi connectivity index (χ3v) is 4.29. The number of hydrogen-bond donors (Lipinski definition) is 1. The lowest BCUT2D eigenvalue weighted by Crippen LogP contribution is -1.97. The van der Waals surface area contributed by atoms with Crippen LogP contribution in [0.3, 0.4) is 0 Å². The van der Waals surface area contributed by atoms with E-state index >= 15 is 0 Å². The fourth-order valence-electron chi connectivity index (χ4n) is 1.47. The van der Waals surface area contributed by atoms with Gasteiger partial charge in [0.2, 0.25) is 0 Å². The Bertz CT molecular complexity index is 619. The van der Waals surface area contributed by atoms with E-state index in [1.54, 1.807) is 24.3 Å². The standard InChI is InChI=1S/C13H9BrCl3NO/c14-9-4-12(17)13(5-11(9)16)19-8-2-1-7(6-18)10(15)3-8/h1-5H,6,18H2. The third-order valence-electron chi connectivity index (χ3n) is 2.45. The van der Waals surface area contributed by atoms with Gasteiger partial charge in [-0.3, -0.25) is 0 Å². The van der Waals surface area contributed by atoms with Crippen molar-refractivity contribution in [2.24, 2.45) is 5.73 Å². The van der Waals surface area contributed by atoms with Crippen molar-refractivity contribution in [2.75, 3.05) is 0 Å². The molecule has 0 saturated heterocycles. The predicted molar refractivity (Wildman–Crippen MR) is 83.6 cm³/mol. The average Bonchev–Trinajstić information content (AvgIpc) is 2.36. The number of hydrogen-bond acceptors (Lipinski definition) is 2. The molecule has 2 aromatic rings. The summed E-state index contributed by atoms with van der Waals surface area (Å²) in [7, 11) is 0. The van der Waals surface area contributed by atoms with Crippen LogP contribution in [0.4, 0.5) is 0 Å². The van der Waals surface area contributed by atoms with E-state index in [4.69, 9.17) is 45.3 Å². The molecule has 0 heterocycles. The second-order valence-electron chi connectivity index (χ2n) is 3.76. The van der Waals surface area contributed by atoms with Crippen LogP contribution >= 0.6 is 50.7 Å². The number of halogens is 4. The first kappa shape index (κ1) is 14.9. The van der Waals surface area contributed by atoms with Crippen LogP contribution in [0.2, 0.25) is 15.1 Å². The molecule has 0 spiro atoms. The van der Waals surface area contributed by atoms with Crippen molar-refractivity contribution in [1.29, 1.82) is 0 Å². The summed E-state index contributed by atoms with van der Waals surface area (Å²) >= 11 is 21.4. The topological polar surface area (TPSA) is 35.2 Å². The van der Waals surface area contributed by atoms with Gasteiger partial charge in [-0.25, -0.2) is 0 Å². The van der Waals surface area contributed by atoms with Gasteiger partial charge in [-0.15, -0.1) is 0 Å². The SMILES string of the molecule is NCc1ccc(Oc2cc(Cl)c(Br)cc2Cl)cc1Cl. The van der Waals surface area contributed by atoms with Crippen molar-refractivity contribution < 1.29 is 4.74 Å². The minimum absolute atomic E-state index is 0.379. The fraction of sp³-hybridized carbons (Fsp3) is 0.0769. The molecule has 2 nitrogen and oxygen atoms in total. The van der Waals surface area contributed by atoms with Crippen LogP contribution in [-0.4, -0.2) is 0 Å². The molecule has 0 aliphatic rings. The second kappa shape index (κ2) is 6.33. The second-order valence-corrected chi connectivity index (χ2v) is 5.83. The molecule has 0 atom stereocenters. The first-order chi connectivity index (χ1) is 9.01. The molecule has 100 valence electrons. The summed E-state index contributed by atoms with van der Waals surface area (Å²) in [6.45, 7) is 0.379. The van der Waals surface area contributed by atoms with Crippen molar-refractivity contribution >= 4 is 50.7 Å². The van der Waals surface area contributed by atoms with Crippen molar-refractivity contribution in [3.8, 4) is 11.5 Å². The van der Waals surface area contributed by atoms with E-state index in [9.17, 15) is 0 Å². The van der Waals surface area contributed by atoms with E-state index in [-0.39, 0.29) is 0 Å². The largest absolute Gasteiger partial charge is 0.456 e. The van der Waals surface area contributed by atoms with Crippen molar-refractivity contribution in [1.82, 2.24) is 0 Å². The van der Waals surface area contributed by atoms with Gasteiger partial charge in [0, 0.05) is 22.1 Å². The van der Waals surface area contributed by atoms with Gasteiger partial charge in [0.25, 0.3) is 0 Å². The predicted octanol–water partition coefficient (Wildman–Crippen LogP) is 5.66. The van der Waals surface area contributed by atoms with Gasteiger partial charge in [0.15, 0.2) is 0 Å². The summed E-state index contributed by atoms with van der Waals surface area (Å²) in [5.74, 6) is 1.04. The number of ether oxygens (including phenoxy) is 1. The van der Waals surface area contributed by atoms with Crippen molar-refractivity contribution in [2.45, 2.75) is 6.54 Å². The summed E-state index contributed by atoms with van der Waals surface area (Å²) < 4.78 is 6.37. The Morgan fingerprint density at radius 2 is 1.74 bits per heavy atom. The Morgan fingerprint density at radius 1 is 1.00 bits per heavy atom.